The highest BCUT2D eigenvalue weighted by atomic mass is 16.5. The number of piperidine rings is 1. The van der Waals surface area contributed by atoms with Gasteiger partial charge in [-0.15, -0.1) is 0 Å². The molecular formula is C25H30N6O4. The zero-order chi connectivity index (χ0) is 24.9. The summed E-state index contributed by atoms with van der Waals surface area (Å²) in [6.07, 6.45) is 4.92. The van der Waals surface area contributed by atoms with E-state index in [1.165, 1.54) is 10.9 Å². The van der Waals surface area contributed by atoms with Crippen molar-refractivity contribution >= 4 is 17.7 Å². The van der Waals surface area contributed by atoms with E-state index in [0.29, 0.717) is 17.1 Å². The van der Waals surface area contributed by atoms with E-state index in [9.17, 15) is 14.7 Å². The topological polar surface area (TPSA) is 126 Å². The number of likely N-dealkylation sites (tertiary alicyclic amines) is 1. The number of nitrogens with one attached hydrogen (secondary N) is 1. The highest BCUT2D eigenvalue weighted by Gasteiger charge is 2.26. The van der Waals surface area contributed by atoms with Crippen LogP contribution < -0.4 is 15.8 Å². The summed E-state index contributed by atoms with van der Waals surface area (Å²) in [6, 6.07) is 11.9. The third-order valence-electron chi connectivity index (χ3n) is 6.29. The molecule has 1 saturated heterocycles. The molecular weight excluding hydrogens is 448 g/mol. The van der Waals surface area contributed by atoms with E-state index in [-0.39, 0.29) is 17.8 Å². The average Bonchev–Trinajstić information content (AvgIpc) is 3.35. The Balaban J connectivity index is 1.34. The third-order valence-corrected chi connectivity index (χ3v) is 6.29. The van der Waals surface area contributed by atoms with Crippen molar-refractivity contribution in [1.29, 1.82) is 0 Å². The first kappa shape index (κ1) is 24.1. The normalized spacial score (nSPS) is 14.5. The van der Waals surface area contributed by atoms with E-state index >= 15 is 0 Å². The first-order valence-electron chi connectivity index (χ1n) is 11.4. The number of nitrogens with zero attached hydrogens (tertiary/aromatic N) is 4. The highest BCUT2D eigenvalue weighted by Crippen LogP contribution is 2.28. The minimum Gasteiger partial charge on any atom is -0.504 e. The molecule has 10 nitrogen and oxygen atoms in total. The number of primary amides is 1. The third kappa shape index (κ3) is 5.72. The number of aromatic hydroxyl groups is 1. The summed E-state index contributed by atoms with van der Waals surface area (Å²) in [5, 5.41) is 12.3. The van der Waals surface area contributed by atoms with Gasteiger partial charge in [0, 0.05) is 50.2 Å². The van der Waals surface area contributed by atoms with Crippen LogP contribution in [0.2, 0.25) is 0 Å². The number of aromatic nitrogens is 2. The van der Waals surface area contributed by atoms with E-state index in [0.717, 1.165) is 43.6 Å². The molecule has 4 rings (SSSR count). The van der Waals surface area contributed by atoms with Crippen molar-refractivity contribution in [3.05, 3.63) is 60.6 Å². The smallest absolute Gasteiger partial charge is 0.329 e. The summed E-state index contributed by atoms with van der Waals surface area (Å²) in [5.41, 5.74) is 8.21. The second kappa shape index (κ2) is 10.5. The van der Waals surface area contributed by atoms with Crippen molar-refractivity contribution in [3.8, 4) is 22.8 Å². The lowest BCUT2D eigenvalue weighted by molar-refractivity contribution is 0.132. The maximum Gasteiger partial charge on any atom is 0.329 e. The molecule has 3 amide bonds. The number of imidazole rings is 1. The zero-order valence-electron chi connectivity index (χ0n) is 19.8. The number of amides is 3. The van der Waals surface area contributed by atoms with Crippen molar-refractivity contribution in [2.45, 2.75) is 25.4 Å². The van der Waals surface area contributed by atoms with Gasteiger partial charge in [0.05, 0.1) is 12.8 Å². The van der Waals surface area contributed by atoms with Crippen molar-refractivity contribution in [2.24, 2.45) is 5.73 Å². The Bertz CT molecular complexity index is 1200. The molecule has 4 N–H and O–H groups in total. The molecule has 0 atom stereocenters. The molecule has 1 fully saturated rings. The monoisotopic (exact) mass is 478 g/mol. The lowest BCUT2D eigenvalue weighted by Gasteiger charge is -2.36. The van der Waals surface area contributed by atoms with Gasteiger partial charge in [-0.1, -0.05) is 18.2 Å². The van der Waals surface area contributed by atoms with Gasteiger partial charge in [0.25, 0.3) is 0 Å². The van der Waals surface area contributed by atoms with E-state index in [1.807, 2.05) is 25.2 Å². The molecule has 0 bridgehead atoms. The number of carbonyl (C=O) groups excluding carboxylic acids is 2. The van der Waals surface area contributed by atoms with Crippen LogP contribution in [0.5, 0.6) is 11.5 Å². The fraction of sp³-hybridized carbons (Fsp3) is 0.320. The molecule has 3 aromatic rings. The molecule has 1 aliphatic rings. The largest absolute Gasteiger partial charge is 0.504 e. The van der Waals surface area contributed by atoms with Crippen LogP contribution in [-0.4, -0.2) is 69.8 Å². The maximum atomic E-state index is 13.1. The van der Waals surface area contributed by atoms with Gasteiger partial charge in [-0.25, -0.2) is 14.6 Å². The van der Waals surface area contributed by atoms with Crippen LogP contribution in [0.1, 0.15) is 18.4 Å². The summed E-state index contributed by atoms with van der Waals surface area (Å²) in [5.74, 6) is 0.603. The van der Waals surface area contributed by atoms with E-state index in [4.69, 9.17) is 10.5 Å². The second-order valence-electron chi connectivity index (χ2n) is 8.64. The van der Waals surface area contributed by atoms with Crippen molar-refractivity contribution in [3.63, 3.8) is 0 Å². The number of hydrogen-bond donors (Lipinski definition) is 3. The molecule has 10 heteroatoms. The van der Waals surface area contributed by atoms with Gasteiger partial charge in [-0.05, 0) is 42.7 Å². The second-order valence-corrected chi connectivity index (χ2v) is 8.64. The maximum absolute atomic E-state index is 13.1. The summed E-state index contributed by atoms with van der Waals surface area (Å²) < 4.78 is 6.69. The Kier molecular flexibility index (Phi) is 7.21. The Hall–Kier alpha value is -4.05. The first-order valence-corrected chi connectivity index (χ1v) is 11.4. The number of urea groups is 1. The number of phenols is 1. The average molecular weight is 479 g/mol. The minimum atomic E-state index is -0.640. The Morgan fingerprint density at radius 1 is 1.23 bits per heavy atom. The Labute approximate surface area is 203 Å². The molecule has 1 aromatic heterocycles. The molecule has 2 aromatic carbocycles. The van der Waals surface area contributed by atoms with Crippen molar-refractivity contribution in [2.75, 3.05) is 32.6 Å². The lowest BCUT2D eigenvalue weighted by Crippen LogP contribution is -2.46. The minimum absolute atomic E-state index is 0.127. The van der Waals surface area contributed by atoms with Gasteiger partial charge < -0.3 is 25.8 Å². The van der Waals surface area contributed by atoms with E-state index in [1.54, 1.807) is 42.5 Å². The fourth-order valence-corrected chi connectivity index (χ4v) is 4.36. The number of methoxy groups -OCH3 is 1. The predicted octanol–water partition coefficient (Wildman–Crippen LogP) is 3.32. The van der Waals surface area contributed by atoms with Crippen LogP contribution in [0.4, 0.5) is 15.3 Å². The molecule has 0 unspecified atom stereocenters. The molecule has 35 heavy (non-hydrogen) atoms. The summed E-state index contributed by atoms with van der Waals surface area (Å²) in [7, 11) is 3.36. The van der Waals surface area contributed by atoms with Crippen molar-refractivity contribution < 1.29 is 19.4 Å². The number of ether oxygens (including phenoxy) is 1. The quantitative estimate of drug-likeness (QED) is 0.499. The van der Waals surface area contributed by atoms with Crippen LogP contribution >= 0.6 is 0 Å². The van der Waals surface area contributed by atoms with Crippen LogP contribution in [0.15, 0.2) is 55.0 Å². The van der Waals surface area contributed by atoms with Gasteiger partial charge in [-0.3, -0.25) is 9.47 Å². The van der Waals surface area contributed by atoms with Gasteiger partial charge in [0.15, 0.2) is 11.5 Å². The number of carbonyl (C=O) groups is 2. The number of anilines is 1. The Morgan fingerprint density at radius 3 is 2.71 bits per heavy atom. The summed E-state index contributed by atoms with van der Waals surface area (Å²) in [4.78, 5) is 32.7. The zero-order valence-corrected chi connectivity index (χ0v) is 19.8. The van der Waals surface area contributed by atoms with Crippen LogP contribution in [0.3, 0.4) is 0 Å². The van der Waals surface area contributed by atoms with E-state index < -0.39 is 6.03 Å². The SMILES string of the molecule is COc1cc(CN2CCC(N(C)C(=O)n3cnc(-c4cccc(NC(N)=O)c4)c3)CC2)ccc1O. The molecule has 0 radical (unpaired) electrons. The van der Waals surface area contributed by atoms with Gasteiger partial charge in [0.1, 0.15) is 6.33 Å². The van der Waals surface area contributed by atoms with Gasteiger partial charge in [0.2, 0.25) is 0 Å². The molecule has 0 saturated carbocycles. The molecule has 0 aliphatic carbocycles. The molecule has 0 spiro atoms. The predicted molar refractivity (Wildman–Crippen MR) is 132 cm³/mol. The van der Waals surface area contributed by atoms with Crippen LogP contribution in [0.25, 0.3) is 11.3 Å². The summed E-state index contributed by atoms with van der Waals surface area (Å²) in [6.45, 7) is 2.48. The first-order chi connectivity index (χ1) is 16.8. The van der Waals surface area contributed by atoms with Gasteiger partial charge >= 0.3 is 12.1 Å². The summed E-state index contributed by atoms with van der Waals surface area (Å²) >= 11 is 0. The molecule has 1 aliphatic heterocycles. The van der Waals surface area contributed by atoms with Crippen molar-refractivity contribution in [1.82, 2.24) is 19.4 Å². The molecule has 184 valence electrons. The fourth-order valence-electron chi connectivity index (χ4n) is 4.36. The van der Waals surface area contributed by atoms with Crippen LogP contribution in [-0.2, 0) is 6.54 Å². The number of rotatable bonds is 6. The standard InChI is InChI=1S/C25H30N6O4/c1-29(20-8-10-30(11-9-20)14-17-6-7-22(32)23(12-17)35-2)25(34)31-15-21(27-16-31)18-4-3-5-19(13-18)28-24(26)33/h3-7,12-13,15-16,20,32H,8-11,14H2,1-2H3,(H3,26,28,33). The Morgan fingerprint density at radius 2 is 2.00 bits per heavy atom. The van der Waals surface area contributed by atoms with E-state index in [2.05, 4.69) is 15.2 Å². The molecule has 2 heterocycles. The lowest BCUT2D eigenvalue weighted by atomic mass is 10.0. The van der Waals surface area contributed by atoms with Gasteiger partial charge in [-0.2, -0.15) is 0 Å². The number of phenolic OH excluding ortho intramolecular Hbond substituents is 1. The number of nitrogens with two attached hydrogens (primary N) is 1. The number of hydrogen-bond acceptors (Lipinski definition) is 6. The van der Waals surface area contributed by atoms with Crippen LogP contribution in [0, 0.1) is 0 Å². The highest BCUT2D eigenvalue weighted by molar-refractivity contribution is 5.88. The number of benzene rings is 2.